The van der Waals surface area contributed by atoms with Crippen LogP contribution in [0, 0.1) is 0 Å². The van der Waals surface area contributed by atoms with Gasteiger partial charge in [0.05, 0.1) is 11.4 Å². The Labute approximate surface area is 81.0 Å². The molecule has 0 saturated carbocycles. The Morgan fingerprint density at radius 2 is 2.31 bits per heavy atom. The molecular weight excluding hydrogens is 182 g/mol. The molecule has 0 aromatic carbocycles. The monoisotopic (exact) mass is 193 g/mol. The summed E-state index contributed by atoms with van der Waals surface area (Å²) < 4.78 is 0. The molecule has 2 rings (SSSR count). The van der Waals surface area contributed by atoms with Crippen LogP contribution in [0.2, 0.25) is 0 Å². The first kappa shape index (κ1) is 8.31. The first-order valence-corrected chi connectivity index (χ1v) is 4.92. The molecule has 3 nitrogen and oxygen atoms in total. The molecule has 0 saturated heterocycles. The molecule has 13 heavy (non-hydrogen) atoms. The van der Waals surface area contributed by atoms with Gasteiger partial charge in [-0.05, 0) is 12.1 Å². The van der Waals surface area contributed by atoms with Crippen molar-refractivity contribution in [2.45, 2.75) is 0 Å². The van der Waals surface area contributed by atoms with Gasteiger partial charge in [0.1, 0.15) is 0 Å². The number of rotatable bonds is 2. The molecule has 0 radical (unpaired) electrons. The quantitative estimate of drug-likeness (QED) is 0.793. The van der Waals surface area contributed by atoms with Crippen LogP contribution in [0.25, 0.3) is 11.4 Å². The Morgan fingerprint density at radius 1 is 1.46 bits per heavy atom. The summed E-state index contributed by atoms with van der Waals surface area (Å²) in [6.07, 6.45) is 1.91. The maximum absolute atomic E-state index is 4.47. The Kier molecular flexibility index (Phi) is 2.06. The van der Waals surface area contributed by atoms with Crippen molar-refractivity contribution in [2.75, 3.05) is 19.0 Å². The summed E-state index contributed by atoms with van der Waals surface area (Å²) in [5.41, 5.74) is 2.09. The lowest BCUT2D eigenvalue weighted by Gasteiger charge is -2.05. The van der Waals surface area contributed by atoms with Crippen molar-refractivity contribution in [3.05, 3.63) is 23.7 Å². The smallest absolute Gasteiger partial charge is 0.185 e. The minimum absolute atomic E-state index is 1.01. The molecule has 0 bridgehead atoms. The Hall–Kier alpha value is -1.29. The molecule has 2 aromatic rings. The number of nitrogens with one attached hydrogen (secondary N) is 1. The van der Waals surface area contributed by atoms with E-state index >= 15 is 0 Å². The van der Waals surface area contributed by atoms with Crippen LogP contribution in [0.15, 0.2) is 23.7 Å². The van der Waals surface area contributed by atoms with E-state index in [1.807, 2.05) is 37.3 Å². The van der Waals surface area contributed by atoms with Gasteiger partial charge in [-0.2, -0.15) is 0 Å². The maximum atomic E-state index is 4.47. The zero-order chi connectivity index (χ0) is 9.26. The van der Waals surface area contributed by atoms with E-state index in [2.05, 4.69) is 15.3 Å². The average Bonchev–Trinajstić information content (AvgIpc) is 2.75. The molecule has 0 aliphatic rings. The molecule has 0 atom stereocenters. The topological polar surface area (TPSA) is 31.9 Å². The van der Waals surface area contributed by atoms with Gasteiger partial charge in [-0.15, -0.1) is 11.3 Å². The Morgan fingerprint density at radius 3 is 2.85 bits per heavy atom. The summed E-state index contributed by atoms with van der Waals surface area (Å²) in [6, 6.07) is 4.00. The van der Waals surface area contributed by atoms with Crippen LogP contribution in [0.3, 0.4) is 0 Å². The number of hydrogen-bond donors (Lipinski definition) is 1. The van der Waals surface area contributed by atoms with Crippen LogP contribution < -0.4 is 4.90 Å². The highest BCUT2D eigenvalue weighted by Crippen LogP contribution is 2.24. The third-order valence-electron chi connectivity index (χ3n) is 1.75. The fourth-order valence-electron chi connectivity index (χ4n) is 1.08. The lowest BCUT2D eigenvalue weighted by molar-refractivity contribution is 1.10. The molecule has 1 N–H and O–H groups in total. The van der Waals surface area contributed by atoms with Gasteiger partial charge in [-0.1, -0.05) is 0 Å². The van der Waals surface area contributed by atoms with Gasteiger partial charge in [0.15, 0.2) is 5.13 Å². The van der Waals surface area contributed by atoms with Crippen LogP contribution in [-0.2, 0) is 0 Å². The fourth-order valence-corrected chi connectivity index (χ4v) is 1.84. The van der Waals surface area contributed by atoms with Crippen molar-refractivity contribution in [2.24, 2.45) is 0 Å². The molecule has 0 unspecified atom stereocenters. The van der Waals surface area contributed by atoms with E-state index in [1.165, 1.54) is 0 Å². The van der Waals surface area contributed by atoms with E-state index in [0.29, 0.717) is 0 Å². The van der Waals surface area contributed by atoms with Crippen LogP contribution in [0.1, 0.15) is 0 Å². The summed E-state index contributed by atoms with van der Waals surface area (Å²) in [5.74, 6) is 0. The third-order valence-corrected chi connectivity index (χ3v) is 2.76. The number of hydrogen-bond acceptors (Lipinski definition) is 3. The number of thiazole rings is 1. The first-order valence-electron chi connectivity index (χ1n) is 4.04. The second kappa shape index (κ2) is 3.22. The van der Waals surface area contributed by atoms with Crippen molar-refractivity contribution >= 4 is 16.5 Å². The molecule has 0 aliphatic heterocycles. The number of nitrogens with zero attached hydrogens (tertiary/aromatic N) is 2. The number of aromatic nitrogens is 2. The van der Waals surface area contributed by atoms with E-state index in [9.17, 15) is 0 Å². The predicted octanol–water partition coefficient (Wildman–Crippen LogP) is 2.20. The zero-order valence-electron chi connectivity index (χ0n) is 7.61. The summed E-state index contributed by atoms with van der Waals surface area (Å²) in [7, 11) is 3.99. The van der Waals surface area contributed by atoms with E-state index in [-0.39, 0.29) is 0 Å². The van der Waals surface area contributed by atoms with Gasteiger partial charge in [-0.3, -0.25) is 0 Å². The third kappa shape index (κ3) is 1.58. The molecule has 0 spiro atoms. The van der Waals surface area contributed by atoms with Gasteiger partial charge in [-0.25, -0.2) is 4.98 Å². The number of anilines is 1. The first-order chi connectivity index (χ1) is 6.27. The summed E-state index contributed by atoms with van der Waals surface area (Å²) in [4.78, 5) is 9.61. The van der Waals surface area contributed by atoms with Crippen molar-refractivity contribution in [3.63, 3.8) is 0 Å². The second-order valence-electron chi connectivity index (χ2n) is 2.99. The number of aromatic amines is 1. The number of H-pyrrole nitrogens is 1. The molecule has 2 aromatic heterocycles. The van der Waals surface area contributed by atoms with Crippen molar-refractivity contribution in [1.82, 2.24) is 9.97 Å². The van der Waals surface area contributed by atoms with Gasteiger partial charge >= 0.3 is 0 Å². The zero-order valence-corrected chi connectivity index (χ0v) is 8.43. The van der Waals surface area contributed by atoms with Crippen LogP contribution in [0.5, 0.6) is 0 Å². The van der Waals surface area contributed by atoms with E-state index in [1.54, 1.807) is 11.3 Å². The van der Waals surface area contributed by atoms with E-state index in [0.717, 1.165) is 16.5 Å². The molecule has 0 amide bonds. The van der Waals surface area contributed by atoms with Crippen molar-refractivity contribution in [3.8, 4) is 11.4 Å². The maximum Gasteiger partial charge on any atom is 0.185 e. The van der Waals surface area contributed by atoms with E-state index < -0.39 is 0 Å². The highest BCUT2D eigenvalue weighted by molar-refractivity contribution is 7.14. The van der Waals surface area contributed by atoms with Gasteiger partial charge in [0.25, 0.3) is 0 Å². The minimum atomic E-state index is 1.01. The largest absolute Gasteiger partial charge is 0.360 e. The SMILES string of the molecule is CN(C)c1nc(-c2ccc[nH]2)cs1. The fraction of sp³-hybridized carbons (Fsp3) is 0.222. The predicted molar refractivity (Wildman–Crippen MR) is 56.2 cm³/mol. The normalized spacial score (nSPS) is 10.3. The minimum Gasteiger partial charge on any atom is -0.360 e. The lowest BCUT2D eigenvalue weighted by atomic mass is 10.3. The molecule has 0 aliphatic carbocycles. The van der Waals surface area contributed by atoms with Crippen LogP contribution in [0.4, 0.5) is 5.13 Å². The van der Waals surface area contributed by atoms with Crippen molar-refractivity contribution < 1.29 is 0 Å². The average molecular weight is 193 g/mol. The van der Waals surface area contributed by atoms with Gasteiger partial charge in [0.2, 0.25) is 0 Å². The molecular formula is C9H11N3S. The highest BCUT2D eigenvalue weighted by Gasteiger charge is 2.05. The summed E-state index contributed by atoms with van der Waals surface area (Å²) in [5, 5.41) is 3.09. The van der Waals surface area contributed by atoms with Crippen molar-refractivity contribution in [1.29, 1.82) is 0 Å². The molecule has 4 heteroatoms. The van der Waals surface area contributed by atoms with E-state index in [4.69, 9.17) is 0 Å². The Bertz CT molecular complexity index is 375. The molecule has 2 heterocycles. The van der Waals surface area contributed by atoms with Gasteiger partial charge < -0.3 is 9.88 Å². The second-order valence-corrected chi connectivity index (χ2v) is 3.83. The van der Waals surface area contributed by atoms with Crippen LogP contribution in [-0.4, -0.2) is 24.1 Å². The molecule has 68 valence electrons. The lowest BCUT2D eigenvalue weighted by Crippen LogP contribution is -2.07. The van der Waals surface area contributed by atoms with Crippen LogP contribution >= 0.6 is 11.3 Å². The Balaban J connectivity index is 2.33. The highest BCUT2D eigenvalue weighted by atomic mass is 32.1. The summed E-state index contributed by atoms with van der Waals surface area (Å²) in [6.45, 7) is 0. The summed E-state index contributed by atoms with van der Waals surface area (Å²) >= 11 is 1.65. The van der Waals surface area contributed by atoms with Gasteiger partial charge in [0, 0.05) is 25.7 Å². The standard InChI is InChI=1S/C9H11N3S/c1-12(2)9-11-8(6-13-9)7-4-3-5-10-7/h3-6,10H,1-2H3. The molecule has 0 fully saturated rings.